The number of nitrogens with zero attached hydrogens (tertiary/aromatic N) is 3. The Balaban J connectivity index is 1.55. The number of ether oxygens (including phenoxy) is 1. The first-order chi connectivity index (χ1) is 11.6. The van der Waals surface area contributed by atoms with Crippen molar-refractivity contribution in [1.82, 2.24) is 9.80 Å². The minimum atomic E-state index is -0.593. The summed E-state index contributed by atoms with van der Waals surface area (Å²) in [6.07, 6.45) is 0. The molecule has 1 aromatic rings. The Kier molecular flexibility index (Phi) is 5.32. The molecule has 1 aromatic carbocycles. The molecule has 2 aliphatic heterocycles. The first-order valence-electron chi connectivity index (χ1n) is 8.35. The fourth-order valence-electron chi connectivity index (χ4n) is 2.91. The van der Waals surface area contributed by atoms with E-state index in [0.717, 1.165) is 31.9 Å². The zero-order valence-corrected chi connectivity index (χ0v) is 14.0. The summed E-state index contributed by atoms with van der Waals surface area (Å²) in [7, 11) is 2.13. The maximum absolute atomic E-state index is 12.1. The van der Waals surface area contributed by atoms with Crippen LogP contribution in [0.5, 0.6) is 0 Å². The second-order valence-corrected chi connectivity index (χ2v) is 6.20. The number of benzene rings is 1. The van der Waals surface area contributed by atoms with E-state index in [1.165, 1.54) is 4.90 Å². The van der Waals surface area contributed by atoms with Gasteiger partial charge in [-0.3, -0.25) is 9.59 Å². The third kappa shape index (κ3) is 4.04. The van der Waals surface area contributed by atoms with Crippen molar-refractivity contribution < 1.29 is 14.3 Å². The summed E-state index contributed by atoms with van der Waals surface area (Å²) in [6, 6.07) is 7.66. The highest BCUT2D eigenvalue weighted by molar-refractivity contribution is 6.39. The van der Waals surface area contributed by atoms with Gasteiger partial charge >= 0.3 is 11.8 Å². The number of rotatable bonds is 2. The molecule has 0 saturated carbocycles. The van der Waals surface area contributed by atoms with Gasteiger partial charge in [0, 0.05) is 50.6 Å². The lowest BCUT2D eigenvalue weighted by Crippen LogP contribution is -2.45. The number of carbonyl (C=O) groups is 2. The van der Waals surface area contributed by atoms with E-state index in [0.29, 0.717) is 32.0 Å². The lowest BCUT2D eigenvalue weighted by molar-refractivity contribution is -0.145. The van der Waals surface area contributed by atoms with E-state index in [-0.39, 0.29) is 0 Å². The topological polar surface area (TPSA) is 65.1 Å². The van der Waals surface area contributed by atoms with Gasteiger partial charge in [-0.1, -0.05) is 0 Å². The Morgan fingerprint density at radius 2 is 1.58 bits per heavy atom. The van der Waals surface area contributed by atoms with E-state index in [1.807, 2.05) is 24.3 Å². The molecule has 0 bridgehead atoms. The molecule has 2 aliphatic rings. The third-order valence-electron chi connectivity index (χ3n) is 4.49. The van der Waals surface area contributed by atoms with Crippen molar-refractivity contribution in [2.24, 2.45) is 0 Å². The number of carbonyl (C=O) groups excluding carboxylic acids is 2. The minimum Gasteiger partial charge on any atom is -0.378 e. The summed E-state index contributed by atoms with van der Waals surface area (Å²) >= 11 is 0. The van der Waals surface area contributed by atoms with Gasteiger partial charge in [-0.25, -0.2) is 0 Å². The van der Waals surface area contributed by atoms with Crippen molar-refractivity contribution in [3.05, 3.63) is 24.3 Å². The van der Waals surface area contributed by atoms with Crippen LogP contribution in [-0.2, 0) is 14.3 Å². The quantitative estimate of drug-likeness (QED) is 0.786. The summed E-state index contributed by atoms with van der Waals surface area (Å²) in [5.41, 5.74) is 1.78. The number of hydrogen-bond acceptors (Lipinski definition) is 5. The molecule has 0 spiro atoms. The predicted molar refractivity (Wildman–Crippen MR) is 92.2 cm³/mol. The molecule has 3 rings (SSSR count). The van der Waals surface area contributed by atoms with Crippen molar-refractivity contribution in [2.45, 2.75) is 0 Å². The van der Waals surface area contributed by atoms with E-state index in [4.69, 9.17) is 4.74 Å². The smallest absolute Gasteiger partial charge is 0.313 e. The Hall–Kier alpha value is -2.12. The SMILES string of the molecule is CN1CCN(c2ccc(NC(=O)C(=O)N3CCOCC3)cc2)CC1. The number of hydrogen-bond donors (Lipinski definition) is 1. The average Bonchev–Trinajstić information content (AvgIpc) is 2.63. The molecule has 2 saturated heterocycles. The number of amides is 2. The van der Waals surface area contributed by atoms with Crippen molar-refractivity contribution in [2.75, 3.05) is 69.7 Å². The molecule has 7 nitrogen and oxygen atoms in total. The van der Waals surface area contributed by atoms with Crippen LogP contribution in [0.25, 0.3) is 0 Å². The minimum absolute atomic E-state index is 0.467. The lowest BCUT2D eigenvalue weighted by Gasteiger charge is -2.34. The Morgan fingerprint density at radius 3 is 2.21 bits per heavy atom. The van der Waals surface area contributed by atoms with Gasteiger partial charge in [0.2, 0.25) is 0 Å². The van der Waals surface area contributed by atoms with Crippen LogP contribution in [0.3, 0.4) is 0 Å². The highest BCUT2D eigenvalue weighted by Crippen LogP contribution is 2.19. The molecule has 2 amide bonds. The summed E-state index contributed by atoms with van der Waals surface area (Å²) in [5.74, 6) is -1.09. The lowest BCUT2D eigenvalue weighted by atomic mass is 10.2. The second kappa shape index (κ2) is 7.63. The van der Waals surface area contributed by atoms with Gasteiger partial charge in [0.1, 0.15) is 0 Å². The van der Waals surface area contributed by atoms with Crippen LogP contribution in [0.1, 0.15) is 0 Å². The molecule has 24 heavy (non-hydrogen) atoms. The van der Waals surface area contributed by atoms with Crippen LogP contribution in [0.2, 0.25) is 0 Å². The summed E-state index contributed by atoms with van der Waals surface area (Å²) in [6.45, 7) is 6.00. The third-order valence-corrected chi connectivity index (χ3v) is 4.49. The number of nitrogens with one attached hydrogen (secondary N) is 1. The normalized spacial score (nSPS) is 19.2. The molecule has 0 aliphatic carbocycles. The largest absolute Gasteiger partial charge is 0.378 e. The monoisotopic (exact) mass is 332 g/mol. The highest BCUT2D eigenvalue weighted by atomic mass is 16.5. The molecule has 0 atom stereocenters. The predicted octanol–water partition coefficient (Wildman–Crippen LogP) is 0.236. The number of anilines is 2. The Morgan fingerprint density at radius 1 is 0.958 bits per heavy atom. The Bertz CT molecular complexity index is 576. The van der Waals surface area contributed by atoms with Gasteiger partial charge in [0.25, 0.3) is 0 Å². The van der Waals surface area contributed by atoms with Crippen molar-refractivity contribution >= 4 is 23.2 Å². The van der Waals surface area contributed by atoms with E-state index in [9.17, 15) is 9.59 Å². The van der Waals surface area contributed by atoms with Crippen molar-refractivity contribution in [3.8, 4) is 0 Å². The van der Waals surface area contributed by atoms with Crippen molar-refractivity contribution in [1.29, 1.82) is 0 Å². The van der Waals surface area contributed by atoms with Crippen LogP contribution >= 0.6 is 0 Å². The van der Waals surface area contributed by atoms with Gasteiger partial charge < -0.3 is 24.8 Å². The van der Waals surface area contributed by atoms with E-state index >= 15 is 0 Å². The second-order valence-electron chi connectivity index (χ2n) is 6.20. The van der Waals surface area contributed by atoms with E-state index in [2.05, 4.69) is 22.2 Å². The fourth-order valence-corrected chi connectivity index (χ4v) is 2.91. The molecule has 7 heteroatoms. The van der Waals surface area contributed by atoms with Gasteiger partial charge in [-0.05, 0) is 31.3 Å². The van der Waals surface area contributed by atoms with Crippen LogP contribution in [0.4, 0.5) is 11.4 Å². The number of likely N-dealkylation sites (N-methyl/N-ethyl adjacent to an activating group) is 1. The molecule has 0 radical (unpaired) electrons. The zero-order valence-electron chi connectivity index (χ0n) is 14.0. The molecule has 1 N–H and O–H groups in total. The maximum Gasteiger partial charge on any atom is 0.313 e. The van der Waals surface area contributed by atoms with Gasteiger partial charge in [0.15, 0.2) is 0 Å². The standard InChI is InChI=1S/C17H24N4O3/c1-19-6-8-20(9-7-19)15-4-2-14(3-5-15)18-16(22)17(23)21-10-12-24-13-11-21/h2-5H,6-13H2,1H3,(H,18,22). The molecular weight excluding hydrogens is 308 g/mol. The molecule has 2 fully saturated rings. The Labute approximate surface area is 142 Å². The first kappa shape index (κ1) is 16.7. The molecule has 130 valence electrons. The molecule has 0 aromatic heterocycles. The van der Waals surface area contributed by atoms with Crippen LogP contribution < -0.4 is 10.2 Å². The molecular formula is C17H24N4O3. The van der Waals surface area contributed by atoms with Crippen LogP contribution in [0, 0.1) is 0 Å². The molecule has 0 unspecified atom stereocenters. The summed E-state index contributed by atoms with van der Waals surface area (Å²) < 4.78 is 5.19. The van der Waals surface area contributed by atoms with Crippen LogP contribution in [-0.4, -0.2) is 81.1 Å². The summed E-state index contributed by atoms with van der Waals surface area (Å²) in [5, 5.41) is 2.68. The van der Waals surface area contributed by atoms with E-state index < -0.39 is 11.8 Å². The number of morpholine rings is 1. The maximum atomic E-state index is 12.1. The fraction of sp³-hybridized carbons (Fsp3) is 0.529. The zero-order chi connectivity index (χ0) is 16.9. The molecule has 2 heterocycles. The van der Waals surface area contributed by atoms with E-state index in [1.54, 1.807) is 0 Å². The highest BCUT2D eigenvalue weighted by Gasteiger charge is 2.23. The first-order valence-corrected chi connectivity index (χ1v) is 8.35. The van der Waals surface area contributed by atoms with Crippen molar-refractivity contribution in [3.63, 3.8) is 0 Å². The number of piperazine rings is 1. The average molecular weight is 332 g/mol. The summed E-state index contributed by atoms with van der Waals surface area (Å²) in [4.78, 5) is 30.3. The van der Waals surface area contributed by atoms with Gasteiger partial charge in [-0.2, -0.15) is 0 Å². The van der Waals surface area contributed by atoms with Gasteiger partial charge in [-0.15, -0.1) is 0 Å². The van der Waals surface area contributed by atoms with Gasteiger partial charge in [0.05, 0.1) is 13.2 Å². The van der Waals surface area contributed by atoms with Crippen LogP contribution in [0.15, 0.2) is 24.3 Å².